The van der Waals surface area contributed by atoms with Crippen molar-refractivity contribution in [2.45, 2.75) is 43.7 Å². The summed E-state index contributed by atoms with van der Waals surface area (Å²) in [5.74, 6) is 0. The lowest BCUT2D eigenvalue weighted by Crippen LogP contribution is -2.41. The van der Waals surface area contributed by atoms with Crippen molar-refractivity contribution in [2.75, 3.05) is 13.2 Å². The summed E-state index contributed by atoms with van der Waals surface area (Å²) in [6.45, 7) is 0.155. The highest BCUT2D eigenvalue weighted by Crippen LogP contribution is 2.32. The molecule has 22 heavy (non-hydrogen) atoms. The molecule has 2 aliphatic rings. The molecule has 0 aromatic carbocycles. The molecule has 0 aliphatic carbocycles. The van der Waals surface area contributed by atoms with Gasteiger partial charge in [-0.15, -0.1) is 0 Å². The molecule has 0 spiro atoms. The quantitative estimate of drug-likeness (QED) is 0.606. The minimum Gasteiger partial charge on any atom is -0.394 e. The zero-order chi connectivity index (χ0) is 15.7. The number of rotatable bonds is 4. The van der Waals surface area contributed by atoms with E-state index in [1.807, 2.05) is 0 Å². The van der Waals surface area contributed by atoms with Crippen molar-refractivity contribution in [3.8, 4) is 0 Å². The zero-order valence-corrected chi connectivity index (χ0v) is 11.8. The Morgan fingerprint density at radius 2 is 2.27 bits per heavy atom. The van der Waals surface area contributed by atoms with Crippen LogP contribution in [-0.4, -0.2) is 57.6 Å². The second-order valence-electron chi connectivity index (χ2n) is 5.30. The monoisotopic (exact) mass is 314 g/mol. The summed E-state index contributed by atoms with van der Waals surface area (Å²) in [5.41, 5.74) is -1.21. The van der Waals surface area contributed by atoms with Crippen LogP contribution in [0.3, 0.4) is 0 Å². The number of hydrogen-bond acceptors (Lipinski definition) is 7. The first-order chi connectivity index (χ1) is 10.6. The molecule has 2 saturated heterocycles. The average molecular weight is 314 g/mol. The second kappa shape index (κ2) is 6.31. The molecule has 3 rings (SSSR count). The third-order valence-electron chi connectivity index (χ3n) is 3.81. The van der Waals surface area contributed by atoms with Crippen LogP contribution in [-0.2, 0) is 14.2 Å². The zero-order valence-electron chi connectivity index (χ0n) is 11.8. The molecule has 3 N–H and O–H groups in total. The van der Waals surface area contributed by atoms with Gasteiger partial charge in [0.15, 0.2) is 12.5 Å². The van der Waals surface area contributed by atoms with Gasteiger partial charge in [-0.1, -0.05) is 0 Å². The van der Waals surface area contributed by atoms with E-state index in [2.05, 4.69) is 4.98 Å². The molecule has 0 amide bonds. The van der Waals surface area contributed by atoms with E-state index in [1.54, 1.807) is 0 Å². The molecule has 3 heterocycles. The van der Waals surface area contributed by atoms with Crippen LogP contribution in [0.25, 0.3) is 0 Å². The molecule has 1 aromatic heterocycles. The number of ether oxygens (including phenoxy) is 3. The van der Waals surface area contributed by atoms with Crippen LogP contribution >= 0.6 is 0 Å². The fourth-order valence-electron chi connectivity index (χ4n) is 2.70. The number of nitrogens with one attached hydrogen (secondary N) is 1. The first-order valence-electron chi connectivity index (χ1n) is 7.13. The Labute approximate surface area is 125 Å². The molecule has 122 valence electrons. The van der Waals surface area contributed by atoms with Gasteiger partial charge in [-0.05, 0) is 6.42 Å². The number of hydrogen-bond donors (Lipinski definition) is 3. The van der Waals surface area contributed by atoms with E-state index < -0.39 is 48.7 Å². The number of aromatic amines is 1. The van der Waals surface area contributed by atoms with Gasteiger partial charge >= 0.3 is 5.69 Å². The fourth-order valence-corrected chi connectivity index (χ4v) is 2.70. The van der Waals surface area contributed by atoms with E-state index in [9.17, 15) is 19.8 Å². The summed E-state index contributed by atoms with van der Waals surface area (Å²) >= 11 is 0. The first kappa shape index (κ1) is 15.4. The highest BCUT2D eigenvalue weighted by Gasteiger charge is 2.47. The standard InChI is InChI=1S/C13H18N2O7/c16-6-7-10(18)11(22-9-2-1-5-20-9)12(21-7)15-4-3-8(17)14-13(15)19/h3-4,7,9-12,16,18H,1-2,5-6H2,(H,14,17,19)/t7-,9?,10?,11?,12-/m1/s1. The van der Waals surface area contributed by atoms with Crippen molar-refractivity contribution >= 4 is 0 Å². The largest absolute Gasteiger partial charge is 0.394 e. The van der Waals surface area contributed by atoms with Gasteiger partial charge in [0.2, 0.25) is 0 Å². The summed E-state index contributed by atoms with van der Waals surface area (Å²) in [7, 11) is 0. The summed E-state index contributed by atoms with van der Waals surface area (Å²) in [4.78, 5) is 25.2. The van der Waals surface area contributed by atoms with Crippen molar-refractivity contribution in [1.82, 2.24) is 9.55 Å². The van der Waals surface area contributed by atoms with Gasteiger partial charge in [0.1, 0.15) is 18.3 Å². The number of nitrogens with zero attached hydrogens (tertiary/aromatic N) is 1. The molecule has 5 atom stereocenters. The van der Waals surface area contributed by atoms with Crippen LogP contribution in [0.2, 0.25) is 0 Å². The molecular weight excluding hydrogens is 296 g/mol. The topological polar surface area (TPSA) is 123 Å². The third kappa shape index (κ3) is 2.85. The van der Waals surface area contributed by atoms with Crippen LogP contribution in [0.5, 0.6) is 0 Å². The van der Waals surface area contributed by atoms with E-state index in [0.717, 1.165) is 11.0 Å². The van der Waals surface area contributed by atoms with E-state index in [0.29, 0.717) is 13.0 Å². The average Bonchev–Trinajstić information content (AvgIpc) is 3.10. The van der Waals surface area contributed by atoms with Crippen LogP contribution in [0.4, 0.5) is 0 Å². The number of H-pyrrole nitrogens is 1. The maximum absolute atomic E-state index is 11.9. The van der Waals surface area contributed by atoms with Crippen LogP contribution in [0.1, 0.15) is 19.1 Å². The highest BCUT2D eigenvalue weighted by molar-refractivity contribution is 4.94. The molecule has 0 radical (unpaired) electrons. The lowest BCUT2D eigenvalue weighted by Gasteiger charge is -2.24. The molecule has 2 fully saturated rings. The van der Waals surface area contributed by atoms with Crippen molar-refractivity contribution in [2.24, 2.45) is 0 Å². The summed E-state index contributed by atoms with van der Waals surface area (Å²) < 4.78 is 17.7. The predicted octanol–water partition coefficient (Wildman–Crippen LogP) is -1.69. The normalized spacial score (nSPS) is 35.1. The van der Waals surface area contributed by atoms with Gasteiger partial charge in [-0.3, -0.25) is 14.3 Å². The van der Waals surface area contributed by atoms with Crippen LogP contribution in [0.15, 0.2) is 21.9 Å². The Balaban J connectivity index is 1.88. The minimum atomic E-state index is -1.11. The van der Waals surface area contributed by atoms with Gasteiger partial charge in [0.05, 0.1) is 6.61 Å². The maximum Gasteiger partial charge on any atom is 0.330 e. The van der Waals surface area contributed by atoms with Crippen molar-refractivity contribution in [3.05, 3.63) is 33.1 Å². The van der Waals surface area contributed by atoms with E-state index in [-0.39, 0.29) is 0 Å². The summed E-state index contributed by atoms with van der Waals surface area (Å²) in [6, 6.07) is 1.17. The SMILES string of the molecule is O=c1ccn([C@@H]2O[C@H](CO)C(O)C2OC2CCCO2)c(=O)[nH]1. The van der Waals surface area contributed by atoms with E-state index >= 15 is 0 Å². The predicted molar refractivity (Wildman–Crippen MR) is 72.2 cm³/mol. The Bertz CT molecular complexity index is 621. The fraction of sp³-hybridized carbons (Fsp3) is 0.692. The van der Waals surface area contributed by atoms with Gasteiger partial charge in [-0.2, -0.15) is 0 Å². The molecule has 1 aromatic rings. The Morgan fingerprint density at radius 1 is 1.45 bits per heavy atom. The number of aliphatic hydroxyl groups is 2. The van der Waals surface area contributed by atoms with Gasteiger partial charge < -0.3 is 24.4 Å². The maximum atomic E-state index is 11.9. The van der Waals surface area contributed by atoms with E-state index in [1.165, 1.54) is 12.3 Å². The molecule has 0 saturated carbocycles. The highest BCUT2D eigenvalue weighted by atomic mass is 16.7. The second-order valence-corrected chi connectivity index (χ2v) is 5.30. The van der Waals surface area contributed by atoms with Crippen molar-refractivity contribution in [1.29, 1.82) is 0 Å². The Kier molecular flexibility index (Phi) is 4.41. The van der Waals surface area contributed by atoms with Crippen LogP contribution in [0, 0.1) is 0 Å². The van der Waals surface area contributed by atoms with Crippen molar-refractivity contribution in [3.63, 3.8) is 0 Å². The number of aromatic nitrogens is 2. The van der Waals surface area contributed by atoms with Crippen molar-refractivity contribution < 1.29 is 24.4 Å². The van der Waals surface area contributed by atoms with E-state index in [4.69, 9.17) is 14.2 Å². The molecule has 2 aliphatic heterocycles. The Morgan fingerprint density at radius 3 is 2.91 bits per heavy atom. The lowest BCUT2D eigenvalue weighted by molar-refractivity contribution is -0.182. The molecule has 0 bridgehead atoms. The molecular formula is C13H18N2O7. The molecule has 9 heteroatoms. The minimum absolute atomic E-state index is 0.416. The van der Waals surface area contributed by atoms with Gasteiger partial charge in [0.25, 0.3) is 5.56 Å². The first-order valence-corrected chi connectivity index (χ1v) is 7.13. The summed E-state index contributed by atoms with van der Waals surface area (Å²) in [5, 5.41) is 19.5. The third-order valence-corrected chi connectivity index (χ3v) is 3.81. The Hall–Kier alpha value is -1.52. The molecule has 3 unspecified atom stereocenters. The summed E-state index contributed by atoms with van der Waals surface area (Å²) in [6.07, 6.45) is -1.52. The smallest absolute Gasteiger partial charge is 0.330 e. The molecule has 9 nitrogen and oxygen atoms in total. The van der Waals surface area contributed by atoms with Gasteiger partial charge in [-0.25, -0.2) is 4.79 Å². The number of aliphatic hydroxyl groups excluding tert-OH is 2. The lowest BCUT2D eigenvalue weighted by atomic mass is 10.1. The van der Waals surface area contributed by atoms with Crippen LogP contribution < -0.4 is 11.2 Å². The van der Waals surface area contributed by atoms with Gasteiger partial charge in [0, 0.05) is 25.3 Å².